The smallest absolute Gasteiger partial charge is 0.256 e. The number of benzene rings is 1. The minimum absolute atomic E-state index is 0.0477. The monoisotopic (exact) mass is 289 g/mol. The van der Waals surface area contributed by atoms with Crippen LogP contribution in [-0.4, -0.2) is 43.2 Å². The van der Waals surface area contributed by atoms with Crippen LogP contribution in [0.2, 0.25) is 0 Å². The first-order valence-electron chi connectivity index (χ1n) is 7.75. The van der Waals surface area contributed by atoms with Gasteiger partial charge in [0.2, 0.25) is 0 Å². The molecule has 0 saturated carbocycles. The average molecular weight is 289 g/mol. The number of carbonyl (C=O) groups excluding carboxylic acids is 1. The lowest BCUT2D eigenvalue weighted by Gasteiger charge is -2.39. The number of likely N-dealkylation sites (tertiary alicyclic amines) is 1. The molecule has 1 aromatic rings. The van der Waals surface area contributed by atoms with Gasteiger partial charge in [0, 0.05) is 26.8 Å². The minimum atomic E-state index is -0.496. The Kier molecular flexibility index (Phi) is 4.27. The largest absolute Gasteiger partial charge is 0.375 e. The molecule has 2 aliphatic rings. The molecule has 1 spiro atoms. The van der Waals surface area contributed by atoms with Gasteiger partial charge < -0.3 is 14.4 Å². The van der Waals surface area contributed by atoms with Crippen molar-refractivity contribution in [3.8, 4) is 0 Å². The summed E-state index contributed by atoms with van der Waals surface area (Å²) in [7, 11) is 1.60. The van der Waals surface area contributed by atoms with Crippen molar-refractivity contribution in [1.29, 1.82) is 0 Å². The Morgan fingerprint density at radius 1 is 1.24 bits per heavy atom. The minimum Gasteiger partial charge on any atom is -0.375 e. The van der Waals surface area contributed by atoms with E-state index in [1.165, 1.54) is 0 Å². The summed E-state index contributed by atoms with van der Waals surface area (Å²) in [4.78, 5) is 14.6. The normalized spacial score (nSPS) is 22.4. The van der Waals surface area contributed by atoms with Crippen LogP contribution in [0.25, 0.3) is 0 Å². The molecule has 2 saturated heterocycles. The van der Waals surface area contributed by atoms with Gasteiger partial charge in [-0.3, -0.25) is 4.79 Å². The highest BCUT2D eigenvalue weighted by Crippen LogP contribution is 2.36. The van der Waals surface area contributed by atoms with Crippen molar-refractivity contribution in [3.05, 3.63) is 35.9 Å². The molecule has 1 atom stereocenters. The van der Waals surface area contributed by atoms with Gasteiger partial charge in [-0.1, -0.05) is 30.3 Å². The predicted octanol–water partition coefficient (Wildman–Crippen LogP) is 2.55. The van der Waals surface area contributed by atoms with Crippen molar-refractivity contribution in [2.75, 3.05) is 26.8 Å². The third kappa shape index (κ3) is 2.97. The molecule has 4 heteroatoms. The molecule has 0 aliphatic carbocycles. The fourth-order valence-corrected chi connectivity index (χ4v) is 3.46. The van der Waals surface area contributed by atoms with Gasteiger partial charge in [0.25, 0.3) is 5.91 Å². The molecule has 2 aliphatic heterocycles. The Labute approximate surface area is 126 Å². The molecule has 4 nitrogen and oxygen atoms in total. The van der Waals surface area contributed by atoms with E-state index in [0.29, 0.717) is 0 Å². The third-order valence-electron chi connectivity index (χ3n) is 4.73. The molecule has 0 bridgehead atoms. The van der Waals surface area contributed by atoms with Crippen molar-refractivity contribution < 1.29 is 14.3 Å². The van der Waals surface area contributed by atoms with E-state index in [1.807, 2.05) is 35.2 Å². The fraction of sp³-hybridized carbons (Fsp3) is 0.588. The molecule has 1 amide bonds. The second kappa shape index (κ2) is 6.16. The number of ether oxygens (including phenoxy) is 2. The quantitative estimate of drug-likeness (QED) is 0.858. The summed E-state index contributed by atoms with van der Waals surface area (Å²) in [5.41, 5.74) is 0.967. The second-order valence-electron chi connectivity index (χ2n) is 5.99. The van der Waals surface area contributed by atoms with Crippen molar-refractivity contribution in [2.24, 2.45) is 0 Å². The van der Waals surface area contributed by atoms with Gasteiger partial charge in [-0.2, -0.15) is 0 Å². The maximum Gasteiger partial charge on any atom is 0.256 e. The van der Waals surface area contributed by atoms with Crippen molar-refractivity contribution in [3.63, 3.8) is 0 Å². The number of piperidine rings is 1. The summed E-state index contributed by atoms with van der Waals surface area (Å²) in [6.45, 7) is 2.41. The van der Waals surface area contributed by atoms with Crippen LogP contribution in [0.4, 0.5) is 0 Å². The van der Waals surface area contributed by atoms with Crippen LogP contribution in [0.5, 0.6) is 0 Å². The maximum absolute atomic E-state index is 12.7. The Hall–Kier alpha value is -1.39. The molecule has 21 heavy (non-hydrogen) atoms. The molecule has 1 aromatic carbocycles. The van der Waals surface area contributed by atoms with Gasteiger partial charge in [-0.15, -0.1) is 0 Å². The van der Waals surface area contributed by atoms with Crippen LogP contribution in [-0.2, 0) is 14.3 Å². The Bertz CT molecular complexity index is 472. The summed E-state index contributed by atoms with van der Waals surface area (Å²) in [5.74, 6) is 0.0662. The van der Waals surface area contributed by atoms with Crippen LogP contribution >= 0.6 is 0 Å². The van der Waals surface area contributed by atoms with Crippen LogP contribution in [0.1, 0.15) is 37.4 Å². The van der Waals surface area contributed by atoms with E-state index in [-0.39, 0.29) is 11.5 Å². The lowest BCUT2D eigenvalue weighted by molar-refractivity contribution is -0.147. The molecule has 3 rings (SSSR count). The van der Waals surface area contributed by atoms with Crippen molar-refractivity contribution >= 4 is 5.91 Å². The lowest BCUT2D eigenvalue weighted by atomic mass is 9.88. The zero-order valence-corrected chi connectivity index (χ0v) is 12.6. The Balaban J connectivity index is 1.65. The third-order valence-corrected chi connectivity index (χ3v) is 4.73. The molecule has 2 heterocycles. The van der Waals surface area contributed by atoms with E-state index in [2.05, 4.69) is 0 Å². The highest BCUT2D eigenvalue weighted by molar-refractivity contribution is 5.82. The van der Waals surface area contributed by atoms with Gasteiger partial charge in [-0.05, 0) is 31.2 Å². The predicted molar refractivity (Wildman–Crippen MR) is 79.9 cm³/mol. The Morgan fingerprint density at radius 2 is 1.95 bits per heavy atom. The van der Waals surface area contributed by atoms with E-state index in [9.17, 15) is 4.79 Å². The van der Waals surface area contributed by atoms with Crippen LogP contribution < -0.4 is 0 Å². The highest BCUT2D eigenvalue weighted by atomic mass is 16.5. The van der Waals surface area contributed by atoms with E-state index < -0.39 is 6.10 Å². The molecule has 0 radical (unpaired) electrons. The Morgan fingerprint density at radius 3 is 2.52 bits per heavy atom. The summed E-state index contributed by atoms with van der Waals surface area (Å²) in [6.07, 6.45) is 3.69. The molecule has 1 unspecified atom stereocenters. The maximum atomic E-state index is 12.7. The fourth-order valence-electron chi connectivity index (χ4n) is 3.46. The zero-order chi connectivity index (χ0) is 14.7. The van der Waals surface area contributed by atoms with Crippen molar-refractivity contribution in [1.82, 2.24) is 4.90 Å². The van der Waals surface area contributed by atoms with E-state index in [1.54, 1.807) is 7.11 Å². The van der Waals surface area contributed by atoms with E-state index in [0.717, 1.165) is 50.9 Å². The van der Waals surface area contributed by atoms with E-state index in [4.69, 9.17) is 9.47 Å². The molecular formula is C17H23NO3. The molecule has 2 fully saturated rings. The molecule has 114 valence electrons. The summed E-state index contributed by atoms with van der Waals surface area (Å²) in [6, 6.07) is 9.70. The van der Waals surface area contributed by atoms with Gasteiger partial charge in [0.15, 0.2) is 6.10 Å². The van der Waals surface area contributed by atoms with Gasteiger partial charge in [0.1, 0.15) is 0 Å². The van der Waals surface area contributed by atoms with Crippen LogP contribution in [0.3, 0.4) is 0 Å². The van der Waals surface area contributed by atoms with Crippen LogP contribution in [0, 0.1) is 0 Å². The summed E-state index contributed by atoms with van der Waals surface area (Å²) in [5, 5.41) is 0. The SMILES string of the molecule is COC(C(=O)N1CCC2(CCCO2)CC1)c1ccccc1. The van der Waals surface area contributed by atoms with Crippen molar-refractivity contribution in [2.45, 2.75) is 37.4 Å². The standard InChI is InChI=1S/C17H23NO3/c1-20-15(14-6-3-2-4-7-14)16(19)18-11-9-17(10-12-18)8-5-13-21-17/h2-4,6-7,15H,5,8-13H2,1H3. The first-order chi connectivity index (χ1) is 10.2. The number of nitrogens with zero attached hydrogens (tertiary/aromatic N) is 1. The number of amides is 1. The molecule has 0 N–H and O–H groups in total. The first-order valence-corrected chi connectivity index (χ1v) is 7.75. The molecule has 0 aromatic heterocycles. The zero-order valence-electron chi connectivity index (χ0n) is 12.6. The molecular weight excluding hydrogens is 266 g/mol. The number of hydrogen-bond donors (Lipinski definition) is 0. The van der Waals surface area contributed by atoms with Gasteiger partial charge >= 0.3 is 0 Å². The number of carbonyl (C=O) groups is 1. The first kappa shape index (κ1) is 14.5. The highest BCUT2D eigenvalue weighted by Gasteiger charge is 2.40. The summed E-state index contributed by atoms with van der Waals surface area (Å²) < 4.78 is 11.4. The lowest BCUT2D eigenvalue weighted by Crippen LogP contribution is -2.47. The second-order valence-corrected chi connectivity index (χ2v) is 5.99. The number of hydrogen-bond acceptors (Lipinski definition) is 3. The van der Waals surface area contributed by atoms with Crippen LogP contribution in [0.15, 0.2) is 30.3 Å². The van der Waals surface area contributed by atoms with E-state index >= 15 is 0 Å². The number of rotatable bonds is 3. The van der Waals surface area contributed by atoms with Gasteiger partial charge in [0.05, 0.1) is 5.60 Å². The van der Waals surface area contributed by atoms with Gasteiger partial charge in [-0.25, -0.2) is 0 Å². The number of methoxy groups -OCH3 is 1. The average Bonchev–Trinajstić information content (AvgIpc) is 2.98. The topological polar surface area (TPSA) is 38.8 Å². The summed E-state index contributed by atoms with van der Waals surface area (Å²) >= 11 is 0.